The van der Waals surface area contributed by atoms with Crippen LogP contribution in [0.25, 0.3) is 0 Å². The molecule has 1 unspecified atom stereocenters. The summed E-state index contributed by atoms with van der Waals surface area (Å²) in [5.74, 6) is 0.0244. The molecule has 2 N–H and O–H groups in total. The lowest BCUT2D eigenvalue weighted by Gasteiger charge is -2.13. The summed E-state index contributed by atoms with van der Waals surface area (Å²) in [5.41, 5.74) is 3.75. The minimum Gasteiger partial charge on any atom is -0.391 e. The number of nitrogens with one attached hydrogen (secondary N) is 1. The van der Waals surface area contributed by atoms with Gasteiger partial charge < -0.3 is 10.4 Å². The monoisotopic (exact) mass is 313 g/mol. The molecule has 1 atom stereocenters. The Morgan fingerprint density at radius 2 is 2.00 bits per heavy atom. The highest BCUT2D eigenvalue weighted by Crippen LogP contribution is 2.12. The number of benzene rings is 1. The van der Waals surface area contributed by atoms with Crippen LogP contribution in [0.4, 0.5) is 0 Å². The lowest BCUT2D eigenvalue weighted by atomic mass is 10.0. The molecule has 0 spiro atoms. The summed E-state index contributed by atoms with van der Waals surface area (Å²) < 4.78 is 0. The largest absolute Gasteiger partial charge is 0.391 e. The number of halogens is 1. The first-order valence-electron chi connectivity index (χ1n) is 6.06. The fourth-order valence-corrected chi connectivity index (χ4v) is 2.11. The van der Waals surface area contributed by atoms with Crippen LogP contribution >= 0.6 is 15.9 Å². The fraction of sp³-hybridized carbons (Fsp3) is 0.500. The molecule has 0 radical (unpaired) electrons. The Hall–Kier alpha value is -0.710. The van der Waals surface area contributed by atoms with Crippen LogP contribution in [0.2, 0.25) is 0 Å². The lowest BCUT2D eigenvalue weighted by Crippen LogP contribution is -2.29. The van der Waals surface area contributed by atoms with Gasteiger partial charge >= 0.3 is 0 Å². The van der Waals surface area contributed by atoms with E-state index in [4.69, 9.17) is 0 Å². The van der Waals surface area contributed by atoms with Gasteiger partial charge in [-0.05, 0) is 30.5 Å². The fourth-order valence-electron chi connectivity index (χ4n) is 1.88. The van der Waals surface area contributed by atoms with Crippen LogP contribution in [-0.2, 0) is 11.3 Å². The van der Waals surface area contributed by atoms with Crippen LogP contribution in [0.15, 0.2) is 18.2 Å². The number of alkyl halides is 1. The molecule has 1 rings (SSSR count). The van der Waals surface area contributed by atoms with Crippen molar-refractivity contribution in [2.24, 2.45) is 0 Å². The number of aliphatic hydroxyl groups is 1. The molecule has 0 saturated heterocycles. The van der Waals surface area contributed by atoms with Crippen molar-refractivity contribution in [3.63, 3.8) is 0 Å². The van der Waals surface area contributed by atoms with Crippen LogP contribution in [0.1, 0.15) is 23.1 Å². The molecule has 0 aromatic heterocycles. The van der Waals surface area contributed by atoms with Crippen molar-refractivity contribution < 1.29 is 9.90 Å². The molecule has 4 heteroatoms. The van der Waals surface area contributed by atoms with Gasteiger partial charge in [-0.25, -0.2) is 0 Å². The second kappa shape index (κ2) is 7.67. The Bertz CT molecular complexity index is 387. The molecule has 0 bridgehead atoms. The van der Waals surface area contributed by atoms with E-state index in [-0.39, 0.29) is 12.2 Å². The third kappa shape index (κ3) is 4.88. The van der Waals surface area contributed by atoms with Gasteiger partial charge in [-0.1, -0.05) is 34.1 Å². The van der Waals surface area contributed by atoms with E-state index in [0.29, 0.717) is 11.9 Å². The van der Waals surface area contributed by atoms with Gasteiger partial charge in [-0.15, -0.1) is 0 Å². The first-order valence-corrected chi connectivity index (χ1v) is 7.18. The molecule has 0 aliphatic heterocycles. The van der Waals surface area contributed by atoms with Gasteiger partial charge in [-0.3, -0.25) is 4.79 Å². The lowest BCUT2D eigenvalue weighted by molar-refractivity contribution is -0.118. The second-order valence-electron chi connectivity index (χ2n) is 4.53. The maximum atomic E-state index is 11.1. The van der Waals surface area contributed by atoms with Crippen molar-refractivity contribution in [3.05, 3.63) is 34.9 Å². The Kier molecular flexibility index (Phi) is 6.54. The SMILES string of the molecule is Cc1cccc(C)c1CNCC(O)CC(=O)CBr. The zero-order valence-corrected chi connectivity index (χ0v) is 12.5. The predicted molar refractivity (Wildman–Crippen MR) is 77.0 cm³/mol. The number of carbonyl (C=O) groups is 1. The van der Waals surface area contributed by atoms with Crippen molar-refractivity contribution in [2.45, 2.75) is 32.9 Å². The zero-order valence-electron chi connectivity index (χ0n) is 10.9. The Morgan fingerprint density at radius 3 is 2.56 bits per heavy atom. The molecule has 0 fully saturated rings. The summed E-state index contributed by atoms with van der Waals surface area (Å²) in [6, 6.07) is 6.20. The third-order valence-corrected chi connectivity index (χ3v) is 3.56. The van der Waals surface area contributed by atoms with Gasteiger partial charge in [0.1, 0.15) is 5.78 Å². The summed E-state index contributed by atoms with van der Waals surface area (Å²) in [7, 11) is 0. The smallest absolute Gasteiger partial charge is 0.146 e. The molecule has 3 nitrogen and oxygen atoms in total. The van der Waals surface area contributed by atoms with E-state index in [2.05, 4.69) is 47.2 Å². The Labute approximate surface area is 117 Å². The standard InChI is InChI=1S/C14H20BrNO2/c1-10-4-3-5-11(2)14(10)9-16-8-13(18)6-12(17)7-15/h3-5,13,16,18H,6-9H2,1-2H3. The normalized spacial score (nSPS) is 12.4. The van der Waals surface area contributed by atoms with Gasteiger partial charge in [0.05, 0.1) is 11.4 Å². The zero-order chi connectivity index (χ0) is 13.5. The van der Waals surface area contributed by atoms with Crippen molar-refractivity contribution in [2.75, 3.05) is 11.9 Å². The topological polar surface area (TPSA) is 49.3 Å². The van der Waals surface area contributed by atoms with E-state index in [1.165, 1.54) is 16.7 Å². The Balaban J connectivity index is 2.40. The van der Waals surface area contributed by atoms with Crippen LogP contribution < -0.4 is 5.32 Å². The van der Waals surface area contributed by atoms with Gasteiger partial charge in [0, 0.05) is 19.5 Å². The summed E-state index contributed by atoms with van der Waals surface area (Å²) in [4.78, 5) is 11.1. The van der Waals surface area contributed by atoms with Crippen molar-refractivity contribution in [1.82, 2.24) is 5.32 Å². The minimum atomic E-state index is -0.612. The minimum absolute atomic E-state index is 0.0244. The summed E-state index contributed by atoms with van der Waals surface area (Å²) in [6.07, 6.45) is -0.412. The summed E-state index contributed by atoms with van der Waals surface area (Å²) in [5, 5.41) is 13.2. The van der Waals surface area contributed by atoms with Crippen LogP contribution in [0.5, 0.6) is 0 Å². The molecular weight excluding hydrogens is 294 g/mol. The maximum Gasteiger partial charge on any atom is 0.146 e. The molecule has 100 valence electrons. The first-order chi connectivity index (χ1) is 8.54. The van der Waals surface area contributed by atoms with Crippen LogP contribution in [0.3, 0.4) is 0 Å². The highest BCUT2D eigenvalue weighted by Gasteiger charge is 2.09. The number of carbonyl (C=O) groups excluding carboxylic acids is 1. The van der Waals surface area contributed by atoms with Gasteiger partial charge in [-0.2, -0.15) is 0 Å². The number of rotatable bonds is 7. The molecular formula is C14H20BrNO2. The molecule has 0 aliphatic carbocycles. The average molecular weight is 314 g/mol. The quantitative estimate of drug-likeness (QED) is 0.758. The van der Waals surface area contributed by atoms with Crippen molar-refractivity contribution in [3.8, 4) is 0 Å². The predicted octanol–water partition coefficient (Wildman–Crippen LogP) is 2.11. The number of Topliss-reactive ketones (excluding diaryl/α,β-unsaturated/α-hetero) is 1. The van der Waals surface area contributed by atoms with E-state index in [9.17, 15) is 9.90 Å². The summed E-state index contributed by atoms with van der Waals surface area (Å²) >= 11 is 3.09. The molecule has 18 heavy (non-hydrogen) atoms. The highest BCUT2D eigenvalue weighted by atomic mass is 79.9. The maximum absolute atomic E-state index is 11.1. The van der Waals surface area contributed by atoms with Crippen LogP contribution in [0, 0.1) is 13.8 Å². The highest BCUT2D eigenvalue weighted by molar-refractivity contribution is 9.09. The van der Waals surface area contributed by atoms with Crippen molar-refractivity contribution in [1.29, 1.82) is 0 Å². The van der Waals surface area contributed by atoms with Gasteiger partial charge in [0.15, 0.2) is 0 Å². The number of hydrogen-bond acceptors (Lipinski definition) is 3. The van der Waals surface area contributed by atoms with E-state index in [0.717, 1.165) is 6.54 Å². The van der Waals surface area contributed by atoms with Gasteiger partial charge in [0.25, 0.3) is 0 Å². The van der Waals surface area contributed by atoms with E-state index < -0.39 is 6.10 Å². The number of aliphatic hydroxyl groups excluding tert-OH is 1. The molecule has 1 aromatic rings. The van der Waals surface area contributed by atoms with E-state index in [1.54, 1.807) is 0 Å². The molecule has 1 aromatic carbocycles. The summed E-state index contributed by atoms with van der Waals surface area (Å²) in [6.45, 7) is 5.31. The van der Waals surface area contributed by atoms with E-state index in [1.807, 2.05) is 6.07 Å². The second-order valence-corrected chi connectivity index (χ2v) is 5.09. The first kappa shape index (κ1) is 15.3. The Morgan fingerprint density at radius 1 is 1.39 bits per heavy atom. The molecule has 0 amide bonds. The number of hydrogen-bond donors (Lipinski definition) is 2. The molecule has 0 saturated carbocycles. The number of aryl methyl sites for hydroxylation is 2. The molecule has 0 heterocycles. The van der Waals surface area contributed by atoms with Crippen LogP contribution in [-0.4, -0.2) is 28.9 Å². The third-order valence-electron chi connectivity index (χ3n) is 2.94. The number of ketones is 1. The van der Waals surface area contributed by atoms with Crippen molar-refractivity contribution >= 4 is 21.7 Å². The van der Waals surface area contributed by atoms with Gasteiger partial charge in [0.2, 0.25) is 0 Å². The average Bonchev–Trinajstić information content (AvgIpc) is 2.32. The van der Waals surface area contributed by atoms with E-state index >= 15 is 0 Å². The molecule has 0 aliphatic rings.